The summed E-state index contributed by atoms with van der Waals surface area (Å²) in [5, 5.41) is 4.31. The normalized spacial score (nSPS) is 17.1. The third kappa shape index (κ3) is 3.58. The van der Waals surface area contributed by atoms with Crippen LogP contribution in [0.2, 0.25) is 0 Å². The van der Waals surface area contributed by atoms with E-state index in [-0.39, 0.29) is 5.91 Å². The van der Waals surface area contributed by atoms with Crippen LogP contribution in [-0.2, 0) is 6.54 Å². The molecule has 1 saturated heterocycles. The van der Waals surface area contributed by atoms with Crippen molar-refractivity contribution in [2.75, 3.05) is 11.9 Å². The average molecular weight is 396 g/mol. The van der Waals surface area contributed by atoms with Gasteiger partial charge in [-0.05, 0) is 50.3 Å². The van der Waals surface area contributed by atoms with Crippen LogP contribution in [0.25, 0.3) is 10.2 Å². The molecule has 1 N–H and O–H groups in total. The number of amides is 1. The summed E-state index contributed by atoms with van der Waals surface area (Å²) in [5.41, 5.74) is 1.91. The van der Waals surface area contributed by atoms with Crippen LogP contribution in [-0.4, -0.2) is 38.3 Å². The number of pyridine rings is 1. The molecule has 0 aromatic carbocycles. The summed E-state index contributed by atoms with van der Waals surface area (Å²) < 4.78 is 0. The average Bonchev–Trinajstić information content (AvgIpc) is 3.09. The fourth-order valence-electron chi connectivity index (χ4n) is 3.91. The summed E-state index contributed by atoms with van der Waals surface area (Å²) >= 11 is 1.48. The first-order valence-corrected chi connectivity index (χ1v) is 10.7. The second kappa shape index (κ2) is 8.22. The molecule has 1 aliphatic heterocycles. The molecule has 0 radical (unpaired) electrons. The number of hydrogen-bond acceptors (Lipinski definition) is 6. The summed E-state index contributed by atoms with van der Waals surface area (Å²) in [5.74, 6) is 0.900. The smallest absolute Gasteiger partial charge is 0.264 e. The Balaban J connectivity index is 1.64. The van der Waals surface area contributed by atoms with Crippen molar-refractivity contribution in [2.24, 2.45) is 0 Å². The van der Waals surface area contributed by atoms with Gasteiger partial charge in [0.05, 0.1) is 22.5 Å². The summed E-state index contributed by atoms with van der Waals surface area (Å²) in [6.07, 6.45) is 7.74. The van der Waals surface area contributed by atoms with Gasteiger partial charge in [-0.1, -0.05) is 13.0 Å². The van der Waals surface area contributed by atoms with E-state index < -0.39 is 0 Å². The van der Waals surface area contributed by atoms with E-state index in [9.17, 15) is 4.79 Å². The van der Waals surface area contributed by atoms with Gasteiger partial charge in [0.25, 0.3) is 5.91 Å². The largest absolute Gasteiger partial charge is 0.364 e. The summed E-state index contributed by atoms with van der Waals surface area (Å²) in [6.45, 7) is 5.60. The van der Waals surface area contributed by atoms with E-state index in [1.54, 1.807) is 12.5 Å². The van der Waals surface area contributed by atoms with Crippen molar-refractivity contribution < 1.29 is 4.79 Å². The Hall–Kier alpha value is -2.54. The highest BCUT2D eigenvalue weighted by Gasteiger charge is 2.29. The van der Waals surface area contributed by atoms with Crippen molar-refractivity contribution in [3.63, 3.8) is 0 Å². The van der Waals surface area contributed by atoms with Crippen LogP contribution in [0.4, 0.5) is 5.82 Å². The molecular formula is C21H25N5OS. The lowest BCUT2D eigenvalue weighted by Crippen LogP contribution is -2.43. The van der Waals surface area contributed by atoms with Crippen molar-refractivity contribution >= 4 is 33.3 Å². The van der Waals surface area contributed by atoms with Crippen LogP contribution >= 0.6 is 11.3 Å². The summed E-state index contributed by atoms with van der Waals surface area (Å²) in [6, 6.07) is 6.19. The molecule has 1 atom stereocenters. The molecule has 3 aromatic rings. The third-order valence-electron chi connectivity index (χ3n) is 5.44. The standard InChI is InChI=1S/C21H25N5OS/c1-3-16-9-5-7-11-26(16)21(27)18-14(2)17-19(24-13-25-20(17)28-18)23-12-15-8-4-6-10-22-15/h4,6,8,10,13,16H,3,5,7,9,11-12H2,1-2H3,(H,23,24,25). The number of nitrogens with zero attached hydrogens (tertiary/aromatic N) is 4. The van der Waals surface area contributed by atoms with E-state index in [1.165, 1.54) is 17.8 Å². The van der Waals surface area contributed by atoms with E-state index >= 15 is 0 Å². The molecule has 1 fully saturated rings. The lowest BCUT2D eigenvalue weighted by Gasteiger charge is -2.35. The van der Waals surface area contributed by atoms with E-state index in [0.717, 1.165) is 58.0 Å². The summed E-state index contributed by atoms with van der Waals surface area (Å²) in [4.78, 5) is 30.2. The number of rotatable bonds is 5. The van der Waals surface area contributed by atoms with E-state index in [4.69, 9.17) is 0 Å². The molecule has 1 aliphatic rings. The van der Waals surface area contributed by atoms with Gasteiger partial charge in [-0.25, -0.2) is 9.97 Å². The monoisotopic (exact) mass is 395 g/mol. The number of piperidine rings is 1. The number of carbonyl (C=O) groups is 1. The number of aryl methyl sites for hydroxylation is 1. The molecule has 0 bridgehead atoms. The lowest BCUT2D eigenvalue weighted by molar-refractivity contribution is 0.0612. The Morgan fingerprint density at radius 1 is 1.29 bits per heavy atom. The van der Waals surface area contributed by atoms with Gasteiger partial charge >= 0.3 is 0 Å². The quantitative estimate of drug-likeness (QED) is 0.693. The molecule has 4 heterocycles. The zero-order valence-corrected chi connectivity index (χ0v) is 17.1. The number of carbonyl (C=O) groups excluding carboxylic acids is 1. The number of hydrogen-bond donors (Lipinski definition) is 1. The molecular weight excluding hydrogens is 370 g/mol. The Morgan fingerprint density at radius 3 is 2.96 bits per heavy atom. The lowest BCUT2D eigenvalue weighted by atomic mass is 9.99. The Labute approximate surface area is 169 Å². The highest BCUT2D eigenvalue weighted by Crippen LogP contribution is 2.35. The molecule has 1 unspecified atom stereocenters. The van der Waals surface area contributed by atoms with Crippen molar-refractivity contribution in [3.8, 4) is 0 Å². The van der Waals surface area contributed by atoms with Crippen molar-refractivity contribution in [1.29, 1.82) is 0 Å². The highest BCUT2D eigenvalue weighted by molar-refractivity contribution is 7.20. The minimum atomic E-state index is 0.141. The number of thiophene rings is 1. The van der Waals surface area contributed by atoms with E-state index in [2.05, 4.69) is 32.1 Å². The Kier molecular flexibility index (Phi) is 5.52. The fraction of sp³-hybridized carbons (Fsp3) is 0.429. The second-order valence-electron chi connectivity index (χ2n) is 7.19. The van der Waals surface area contributed by atoms with Gasteiger partial charge in [-0.15, -0.1) is 11.3 Å². The number of anilines is 1. The molecule has 0 saturated carbocycles. The maximum absolute atomic E-state index is 13.3. The molecule has 0 spiro atoms. The SMILES string of the molecule is CCC1CCCCN1C(=O)c1sc2ncnc(NCc3ccccn3)c2c1C. The van der Waals surface area contributed by atoms with Gasteiger partial charge in [-0.2, -0.15) is 0 Å². The number of likely N-dealkylation sites (tertiary alicyclic amines) is 1. The van der Waals surface area contributed by atoms with Crippen molar-refractivity contribution in [2.45, 2.75) is 52.1 Å². The van der Waals surface area contributed by atoms with Gasteiger partial charge in [-0.3, -0.25) is 9.78 Å². The second-order valence-corrected chi connectivity index (χ2v) is 8.19. The first-order valence-electron chi connectivity index (χ1n) is 9.88. The maximum atomic E-state index is 13.3. The first kappa shape index (κ1) is 18.8. The van der Waals surface area contributed by atoms with Crippen LogP contribution in [0.1, 0.15) is 53.5 Å². The molecule has 1 amide bonds. The Morgan fingerprint density at radius 2 is 2.18 bits per heavy atom. The topological polar surface area (TPSA) is 71.0 Å². The zero-order chi connectivity index (χ0) is 19.5. The minimum absolute atomic E-state index is 0.141. The Bertz CT molecular complexity index is 972. The van der Waals surface area contributed by atoms with Crippen LogP contribution in [0.5, 0.6) is 0 Å². The van der Waals surface area contributed by atoms with Gasteiger partial charge in [0.2, 0.25) is 0 Å². The van der Waals surface area contributed by atoms with Crippen molar-refractivity contribution in [1.82, 2.24) is 19.9 Å². The van der Waals surface area contributed by atoms with Crippen LogP contribution in [0, 0.1) is 6.92 Å². The highest BCUT2D eigenvalue weighted by atomic mass is 32.1. The zero-order valence-electron chi connectivity index (χ0n) is 16.3. The molecule has 28 heavy (non-hydrogen) atoms. The third-order valence-corrected chi connectivity index (χ3v) is 6.63. The molecule has 4 rings (SSSR count). The minimum Gasteiger partial charge on any atom is -0.364 e. The molecule has 0 aliphatic carbocycles. The van der Waals surface area contributed by atoms with Gasteiger partial charge in [0, 0.05) is 18.8 Å². The predicted molar refractivity (Wildman–Crippen MR) is 113 cm³/mol. The summed E-state index contributed by atoms with van der Waals surface area (Å²) in [7, 11) is 0. The maximum Gasteiger partial charge on any atom is 0.264 e. The van der Waals surface area contributed by atoms with Crippen LogP contribution in [0.15, 0.2) is 30.7 Å². The predicted octanol–water partition coefficient (Wildman–Crippen LogP) is 4.41. The molecule has 6 nitrogen and oxygen atoms in total. The van der Waals surface area contributed by atoms with Gasteiger partial charge in [0.15, 0.2) is 0 Å². The van der Waals surface area contributed by atoms with Crippen LogP contribution < -0.4 is 5.32 Å². The molecule has 7 heteroatoms. The number of nitrogens with one attached hydrogen (secondary N) is 1. The fourth-order valence-corrected chi connectivity index (χ4v) is 5.01. The first-order chi connectivity index (χ1) is 13.7. The number of aromatic nitrogens is 3. The van der Waals surface area contributed by atoms with E-state index in [0.29, 0.717) is 12.6 Å². The molecule has 3 aromatic heterocycles. The molecule has 146 valence electrons. The van der Waals surface area contributed by atoms with Crippen LogP contribution in [0.3, 0.4) is 0 Å². The van der Waals surface area contributed by atoms with Crippen molar-refractivity contribution in [3.05, 3.63) is 46.9 Å². The van der Waals surface area contributed by atoms with Gasteiger partial charge < -0.3 is 10.2 Å². The van der Waals surface area contributed by atoms with Gasteiger partial charge in [0.1, 0.15) is 17.0 Å². The van der Waals surface area contributed by atoms with E-state index in [1.807, 2.05) is 25.1 Å². The number of fused-ring (bicyclic) bond motifs is 1.